The molecule has 111 heavy (non-hydrogen) atoms. The van der Waals surface area contributed by atoms with Gasteiger partial charge in [0.05, 0.1) is 110 Å². The molecule has 4 aliphatic heterocycles. The second kappa shape index (κ2) is 46.4. The lowest BCUT2D eigenvalue weighted by Gasteiger charge is -2.40. The van der Waals surface area contributed by atoms with Gasteiger partial charge in [-0.15, -0.1) is 0 Å². The molecule has 6 rings (SSSR count). The molecule has 8 unspecified atom stereocenters. The molecule has 4 aliphatic rings. The van der Waals surface area contributed by atoms with Crippen LogP contribution in [0, 0.1) is 17.8 Å². The maximum atomic E-state index is 17.5. The first kappa shape index (κ1) is 93.7. The summed E-state index contributed by atoms with van der Waals surface area (Å²) in [4.78, 5) is 108. The summed E-state index contributed by atoms with van der Waals surface area (Å²) in [5, 5.41) is 104. The summed E-state index contributed by atoms with van der Waals surface area (Å²) < 4.78 is 114. The van der Waals surface area contributed by atoms with Crippen molar-refractivity contribution < 1.29 is 150 Å². The van der Waals surface area contributed by atoms with E-state index in [1.165, 1.54) is 19.1 Å². The predicted molar refractivity (Wildman–Crippen MR) is 382 cm³/mol. The zero-order valence-corrected chi connectivity index (χ0v) is 64.3. The summed E-state index contributed by atoms with van der Waals surface area (Å²) in [5.41, 5.74) is -6.51. The molecule has 5 heterocycles. The van der Waals surface area contributed by atoms with Crippen molar-refractivity contribution in [1.29, 1.82) is 0 Å². The molecule has 41 heteroatoms. The summed E-state index contributed by atoms with van der Waals surface area (Å²) in [5.74, 6) is -6.09. The van der Waals surface area contributed by atoms with E-state index in [1.54, 1.807) is 52.8 Å². The first-order valence-corrected chi connectivity index (χ1v) is 38.7. The Morgan fingerprint density at radius 2 is 1.04 bits per heavy atom. The molecule has 4 fully saturated rings. The van der Waals surface area contributed by atoms with E-state index in [-0.39, 0.29) is 110 Å². The molecule has 2 aromatic rings. The number of esters is 2. The Bertz CT molecular complexity index is 3180. The number of aliphatic hydroxyl groups is 9. The molecule has 0 bridgehead atoms. The maximum absolute atomic E-state index is 17.5. The molecule has 0 saturated carbocycles. The van der Waals surface area contributed by atoms with Crippen LogP contribution in [-0.4, -0.2) is 306 Å². The lowest BCUT2D eigenvalue weighted by Crippen LogP contribution is -2.58. The lowest BCUT2D eigenvalue weighted by molar-refractivity contribution is -0.282. The maximum Gasteiger partial charge on any atom is 0.459 e. The number of ether oxygens (including phenoxy) is 12. The molecule has 0 aliphatic carbocycles. The number of benzene rings is 1. The van der Waals surface area contributed by atoms with Gasteiger partial charge in [-0.05, 0) is 65.5 Å². The number of aromatic nitrogens is 2. The summed E-state index contributed by atoms with van der Waals surface area (Å²) in [6, 6.07) is 7.19. The highest BCUT2D eigenvalue weighted by molar-refractivity contribution is 7.52. The third-order valence-corrected chi connectivity index (χ3v) is 20.2. The summed E-state index contributed by atoms with van der Waals surface area (Å²) in [6.45, 7) is 5.98. The number of H-pyrrole nitrogens is 1. The minimum atomic E-state index is -4.70. The van der Waals surface area contributed by atoms with Gasteiger partial charge in [0.25, 0.3) is 5.56 Å². The Morgan fingerprint density at radius 3 is 1.45 bits per heavy atom. The zero-order chi connectivity index (χ0) is 81.6. The van der Waals surface area contributed by atoms with Gasteiger partial charge in [-0.3, -0.25) is 47.6 Å². The second-order valence-electron chi connectivity index (χ2n) is 28.2. The average molecular weight is 1610 g/mol. The molecule has 39 nitrogen and oxygen atoms in total. The summed E-state index contributed by atoms with van der Waals surface area (Å²) in [7, 11) is -4.70. The topological polar surface area (TPSA) is 546 Å². The van der Waals surface area contributed by atoms with Crippen LogP contribution < -0.4 is 42.1 Å². The second-order valence-corrected chi connectivity index (χ2v) is 29.8. The van der Waals surface area contributed by atoms with E-state index in [9.17, 15) is 88.9 Å². The monoisotopic (exact) mass is 1610 g/mol. The van der Waals surface area contributed by atoms with Gasteiger partial charge < -0.3 is 129 Å². The number of halogens is 1. The Balaban J connectivity index is 1.15. The van der Waals surface area contributed by atoms with Gasteiger partial charge in [0.15, 0.2) is 36.9 Å². The van der Waals surface area contributed by atoms with E-state index in [2.05, 4.69) is 26.4 Å². The van der Waals surface area contributed by atoms with Crippen LogP contribution >= 0.6 is 7.75 Å². The normalized spacial score (nSPS) is 29.5. The van der Waals surface area contributed by atoms with Crippen LogP contribution in [0.1, 0.15) is 112 Å². The minimum Gasteiger partial charge on any atom is -0.462 e. The van der Waals surface area contributed by atoms with Gasteiger partial charge in [0.1, 0.15) is 60.1 Å². The number of carbonyl (C=O) groups is 6. The Labute approximate surface area is 640 Å². The molecular formula is C70H113FN7O32P. The van der Waals surface area contributed by atoms with Crippen LogP contribution in [0.4, 0.5) is 4.39 Å². The van der Waals surface area contributed by atoms with E-state index in [1.807, 2.05) is 4.98 Å². The third-order valence-electron chi connectivity index (χ3n) is 18.6. The predicted octanol–water partition coefficient (Wildman–Crippen LogP) is -2.75. The van der Waals surface area contributed by atoms with Gasteiger partial charge in [-0.1, -0.05) is 39.0 Å². The van der Waals surface area contributed by atoms with E-state index >= 15 is 4.39 Å². The van der Waals surface area contributed by atoms with Crippen LogP contribution in [0.2, 0.25) is 0 Å². The van der Waals surface area contributed by atoms with Crippen molar-refractivity contribution in [2.45, 2.75) is 222 Å². The van der Waals surface area contributed by atoms with Crippen molar-refractivity contribution >= 4 is 43.3 Å². The number of hydrogen-bond donors (Lipinski definition) is 15. The first-order chi connectivity index (χ1) is 52.8. The number of amides is 4. The van der Waals surface area contributed by atoms with Crippen molar-refractivity contribution in [2.75, 3.05) is 106 Å². The highest BCUT2D eigenvalue weighted by Gasteiger charge is 2.59. The number of rotatable bonds is 49. The number of aliphatic hydroxyl groups excluding tert-OH is 9. The van der Waals surface area contributed by atoms with Crippen molar-refractivity contribution in [2.24, 2.45) is 17.8 Å². The highest BCUT2D eigenvalue weighted by atomic mass is 31.2. The SMILES string of the molecule is CC(C)OC(=O)C(C)NP(=O)(OC[C@H]1O[C@@H](n2ccc(=O)[nH]c2=O)[C@](C)(F)[C@@H]1OC(=O)CCCC(=O)NC(COCCC(=O)NCCCO[C@@H]1OC(CO)[C@H](O)[C@H](O)C1C)(COCCC(=O)NCCCO[C@@H]1OC(CO)[C@H](O)[C@H](O)C1C)COCCC(=O)NCCCO[C@@H]1OC(CO)[C@H](O)[C@H](O)C1C)Oc1ccccc1. The molecule has 0 radical (unpaired) electrons. The van der Waals surface area contributed by atoms with Crippen molar-refractivity contribution in [3.63, 3.8) is 0 Å². The first-order valence-electron chi connectivity index (χ1n) is 37.2. The summed E-state index contributed by atoms with van der Waals surface area (Å²) in [6.07, 6.45) is -20.3. The van der Waals surface area contributed by atoms with Crippen LogP contribution in [0.5, 0.6) is 5.75 Å². The van der Waals surface area contributed by atoms with Gasteiger partial charge in [-0.2, -0.15) is 5.09 Å². The van der Waals surface area contributed by atoms with Crippen molar-refractivity contribution in [1.82, 2.24) is 35.9 Å². The van der Waals surface area contributed by atoms with Crippen molar-refractivity contribution in [3.05, 3.63) is 63.4 Å². The molecule has 21 atom stereocenters. The van der Waals surface area contributed by atoms with E-state index in [0.29, 0.717) is 4.57 Å². The van der Waals surface area contributed by atoms with E-state index in [0.717, 1.165) is 19.2 Å². The Morgan fingerprint density at radius 1 is 0.595 bits per heavy atom. The van der Waals surface area contributed by atoms with Crippen LogP contribution in [-0.2, 0) is 94.7 Å². The third kappa shape index (κ3) is 29.3. The number of nitrogens with one attached hydrogen (secondary N) is 6. The molecule has 15 N–H and O–H groups in total. The molecule has 4 saturated heterocycles. The quantitative estimate of drug-likeness (QED) is 0.0181. The van der Waals surface area contributed by atoms with Crippen LogP contribution in [0.15, 0.2) is 52.2 Å². The molecule has 1 aromatic heterocycles. The number of nitrogens with zero attached hydrogens (tertiary/aromatic N) is 1. The Hall–Kier alpha value is -6.16. The highest BCUT2D eigenvalue weighted by Crippen LogP contribution is 2.48. The molecule has 1 aromatic carbocycles. The molecular weight excluding hydrogens is 1500 g/mol. The molecule has 632 valence electrons. The zero-order valence-electron chi connectivity index (χ0n) is 63.5. The van der Waals surface area contributed by atoms with E-state index in [4.69, 9.17) is 65.9 Å². The standard InChI is InChI=1S/C70H113FN7O32P/c1-40(2)104-63(94)44(6)77-111(96,110-45-15-9-8-10-16-45)103-36-49-62(69(7,71)67(108-49)78-26-19-53(85)75-68(78)95)109-55(87)18-11-17-54(86)76-70(37-97-30-20-50(82)72-23-12-27-100-64-41(3)56(88)59(91)46(33-79)105-64,38-98-31-21-51(83)73-24-13-28-101-65-42(4)57(89)60(92)47(34-80)106-65)39-99-32-22-52(84)74-25-14-29-102-66-43(5)58(90)61(93)48(35-81)107-66/h8-10,15-16,19,26,40-44,46-49,56-62,64-67,79-81,88-93H,11-14,17-18,20-25,27-39H2,1-7H3,(H,72,82)(H,73,83)(H,74,84)(H,76,86)(H,77,96)(H,75,85,95)/t41?,42?,43?,44?,46?,47?,48?,49-,56-,57-,58-,59+,60+,61+,62-,64-,65-,66-,67-,69-,70?,111?/m1/s1. The molecule has 4 amide bonds. The number of alkyl halides is 1. The number of aromatic amines is 1. The number of para-hydroxylation sites is 1. The number of carbonyl (C=O) groups excluding carboxylic acids is 6. The largest absolute Gasteiger partial charge is 0.462 e. The van der Waals surface area contributed by atoms with Gasteiger partial charge in [0, 0.05) is 81.8 Å². The van der Waals surface area contributed by atoms with Gasteiger partial charge in [-0.25, -0.2) is 13.8 Å². The Kier molecular flexibility index (Phi) is 39.2. The number of hydrogen-bond acceptors (Lipinski definition) is 32. The fraction of sp³-hybridized carbons (Fsp3) is 0.771. The lowest BCUT2D eigenvalue weighted by atomic mass is 9.92. The van der Waals surface area contributed by atoms with E-state index < -0.39 is 247 Å². The van der Waals surface area contributed by atoms with Crippen LogP contribution in [0.25, 0.3) is 0 Å². The van der Waals surface area contributed by atoms with Gasteiger partial charge in [0.2, 0.25) is 23.6 Å². The summed E-state index contributed by atoms with van der Waals surface area (Å²) >= 11 is 0. The van der Waals surface area contributed by atoms with Crippen LogP contribution in [0.3, 0.4) is 0 Å². The fourth-order valence-electron chi connectivity index (χ4n) is 12.1. The minimum absolute atomic E-state index is 0.00381. The van der Waals surface area contributed by atoms with Gasteiger partial charge >= 0.3 is 25.4 Å². The fourth-order valence-corrected chi connectivity index (χ4v) is 13.6. The smallest absolute Gasteiger partial charge is 0.459 e. The molecule has 0 spiro atoms. The average Bonchev–Trinajstić information content (AvgIpc) is 1.60. The van der Waals surface area contributed by atoms with Crippen molar-refractivity contribution in [3.8, 4) is 5.75 Å².